The van der Waals surface area contributed by atoms with E-state index in [1.165, 1.54) is 0 Å². The molecule has 0 saturated carbocycles. The number of benzene rings is 2. The molecule has 25 heavy (non-hydrogen) atoms. The van der Waals surface area contributed by atoms with E-state index in [4.69, 9.17) is 4.74 Å². The molecule has 124 valence electrons. The van der Waals surface area contributed by atoms with Crippen molar-refractivity contribution in [3.05, 3.63) is 59.8 Å². The van der Waals surface area contributed by atoms with Gasteiger partial charge in [0.05, 0.1) is 7.11 Å². The maximum absolute atomic E-state index is 11.5. The molecule has 4 rings (SSSR count). The largest absolute Gasteiger partial charge is 0.497 e. The zero-order chi connectivity index (χ0) is 17.2. The van der Waals surface area contributed by atoms with Gasteiger partial charge >= 0.3 is 0 Å². The number of fused-ring (bicyclic) bond motifs is 1. The molecule has 1 N–H and O–H groups in total. The Morgan fingerprint density at radius 3 is 2.72 bits per heavy atom. The van der Waals surface area contributed by atoms with E-state index in [2.05, 4.69) is 25.2 Å². The van der Waals surface area contributed by atoms with Crippen LogP contribution in [-0.4, -0.2) is 38.6 Å². The number of nitrogens with one attached hydrogen (secondary N) is 1. The molecule has 7 heteroatoms. The first-order valence-electron chi connectivity index (χ1n) is 7.73. The summed E-state index contributed by atoms with van der Waals surface area (Å²) in [5.41, 5.74) is 3.58. The molecule has 0 radical (unpaired) electrons. The number of carbonyl (C=O) groups excluding carboxylic acids is 1. The second-order valence-electron chi connectivity index (χ2n) is 5.66. The zero-order valence-electron chi connectivity index (χ0n) is 13.5. The molecular formula is C18H15N5O2. The van der Waals surface area contributed by atoms with Crippen LogP contribution in [0.4, 0.5) is 0 Å². The highest BCUT2D eigenvalue weighted by Crippen LogP contribution is 2.26. The average molecular weight is 333 g/mol. The van der Waals surface area contributed by atoms with Gasteiger partial charge in [-0.15, -0.1) is 5.10 Å². The van der Waals surface area contributed by atoms with Crippen LogP contribution in [0.3, 0.4) is 0 Å². The molecule has 0 bridgehead atoms. The van der Waals surface area contributed by atoms with Gasteiger partial charge in [0.25, 0.3) is 0 Å². The number of nitrogens with zero attached hydrogens (tertiary/aromatic N) is 4. The molecule has 0 spiro atoms. The van der Waals surface area contributed by atoms with Crippen molar-refractivity contribution in [2.45, 2.75) is 6.54 Å². The van der Waals surface area contributed by atoms with Crippen LogP contribution in [-0.2, 0) is 6.54 Å². The fourth-order valence-corrected chi connectivity index (χ4v) is 2.91. The number of aromatic nitrogens is 5. The van der Waals surface area contributed by atoms with Gasteiger partial charge in [-0.25, -0.2) is 5.10 Å². The van der Waals surface area contributed by atoms with Crippen molar-refractivity contribution in [2.75, 3.05) is 7.11 Å². The monoisotopic (exact) mass is 333 g/mol. The van der Waals surface area contributed by atoms with Gasteiger partial charge < -0.3 is 9.30 Å². The standard InChI is InChI=1S/C18H15N5O2/c1-25-15-5-2-12(3-6-15)9-23-10-14(11-24)16-8-13(4-7-17(16)23)18-19-21-22-20-18/h2-8,10-11H,9H2,1H3,(H,19,20,21,22). The lowest BCUT2D eigenvalue weighted by Gasteiger charge is -2.07. The summed E-state index contributed by atoms with van der Waals surface area (Å²) in [5, 5.41) is 14.7. The van der Waals surface area contributed by atoms with Crippen LogP contribution >= 0.6 is 0 Å². The third kappa shape index (κ3) is 2.76. The molecule has 0 unspecified atom stereocenters. The Bertz CT molecular complexity index is 1020. The van der Waals surface area contributed by atoms with E-state index in [0.717, 1.165) is 34.1 Å². The lowest BCUT2D eigenvalue weighted by atomic mass is 10.1. The fraction of sp³-hybridized carbons (Fsp3) is 0.111. The minimum Gasteiger partial charge on any atom is -0.497 e. The minimum absolute atomic E-state index is 0.571. The van der Waals surface area contributed by atoms with Crippen molar-refractivity contribution in [1.82, 2.24) is 25.2 Å². The summed E-state index contributed by atoms with van der Waals surface area (Å²) in [6.07, 6.45) is 2.74. The number of hydrogen-bond acceptors (Lipinski definition) is 5. The highest BCUT2D eigenvalue weighted by molar-refractivity contribution is 5.99. The Kier molecular flexibility index (Phi) is 3.74. The molecule has 2 aromatic carbocycles. The van der Waals surface area contributed by atoms with Crippen LogP contribution in [0.5, 0.6) is 5.75 Å². The Morgan fingerprint density at radius 1 is 1.20 bits per heavy atom. The number of carbonyl (C=O) groups is 1. The van der Waals surface area contributed by atoms with E-state index in [9.17, 15) is 4.79 Å². The van der Waals surface area contributed by atoms with Crippen LogP contribution in [0, 0.1) is 0 Å². The SMILES string of the molecule is COc1ccc(Cn2cc(C=O)c3cc(-c4nnn[nH]4)ccc32)cc1. The summed E-state index contributed by atoms with van der Waals surface area (Å²) in [4.78, 5) is 11.5. The van der Waals surface area contributed by atoms with Crippen LogP contribution in [0.15, 0.2) is 48.7 Å². The summed E-state index contributed by atoms with van der Waals surface area (Å²) in [6.45, 7) is 0.664. The molecule has 4 aromatic rings. The van der Waals surface area contributed by atoms with Gasteiger partial charge in [0.1, 0.15) is 5.75 Å². The second-order valence-corrected chi connectivity index (χ2v) is 5.66. The number of H-pyrrole nitrogens is 1. The van der Waals surface area contributed by atoms with E-state index in [1.54, 1.807) is 7.11 Å². The lowest BCUT2D eigenvalue weighted by Crippen LogP contribution is -1.98. The van der Waals surface area contributed by atoms with Gasteiger partial charge in [-0.1, -0.05) is 12.1 Å². The molecule has 0 amide bonds. The smallest absolute Gasteiger partial charge is 0.179 e. The molecule has 0 aliphatic rings. The van der Waals surface area contributed by atoms with E-state index in [0.29, 0.717) is 17.9 Å². The van der Waals surface area contributed by atoms with Crippen molar-refractivity contribution in [3.8, 4) is 17.1 Å². The van der Waals surface area contributed by atoms with Crippen molar-refractivity contribution < 1.29 is 9.53 Å². The first-order chi connectivity index (χ1) is 12.3. The van der Waals surface area contributed by atoms with Crippen molar-refractivity contribution >= 4 is 17.2 Å². The minimum atomic E-state index is 0.571. The Balaban J connectivity index is 1.75. The van der Waals surface area contributed by atoms with E-state index in [1.807, 2.05) is 48.7 Å². The summed E-state index contributed by atoms with van der Waals surface area (Å²) in [6, 6.07) is 13.7. The van der Waals surface area contributed by atoms with Crippen LogP contribution in [0.2, 0.25) is 0 Å². The van der Waals surface area contributed by atoms with Crippen LogP contribution in [0.1, 0.15) is 15.9 Å². The number of rotatable bonds is 5. The van der Waals surface area contributed by atoms with Gasteiger partial charge in [0, 0.05) is 34.8 Å². The topological polar surface area (TPSA) is 85.7 Å². The first-order valence-corrected chi connectivity index (χ1v) is 7.73. The number of aldehydes is 1. The molecular weight excluding hydrogens is 318 g/mol. The zero-order valence-corrected chi connectivity index (χ0v) is 13.5. The van der Waals surface area contributed by atoms with Gasteiger partial charge in [-0.2, -0.15) is 0 Å². The molecule has 7 nitrogen and oxygen atoms in total. The Morgan fingerprint density at radius 2 is 2.04 bits per heavy atom. The van der Waals surface area contributed by atoms with Gasteiger partial charge in [0.15, 0.2) is 12.1 Å². The Hall–Kier alpha value is -3.48. The number of tetrazole rings is 1. The summed E-state index contributed by atoms with van der Waals surface area (Å²) in [7, 11) is 1.65. The average Bonchev–Trinajstić information content (AvgIpc) is 3.30. The Labute approximate surface area is 143 Å². The predicted molar refractivity (Wildman–Crippen MR) is 92.6 cm³/mol. The number of methoxy groups -OCH3 is 1. The molecule has 2 heterocycles. The summed E-state index contributed by atoms with van der Waals surface area (Å²) in [5.74, 6) is 1.39. The summed E-state index contributed by atoms with van der Waals surface area (Å²) >= 11 is 0. The number of hydrogen-bond donors (Lipinski definition) is 1. The van der Waals surface area contributed by atoms with Crippen molar-refractivity contribution in [2.24, 2.45) is 0 Å². The van der Waals surface area contributed by atoms with E-state index in [-0.39, 0.29) is 0 Å². The van der Waals surface area contributed by atoms with Crippen molar-refractivity contribution in [3.63, 3.8) is 0 Å². The second kappa shape index (κ2) is 6.20. The highest BCUT2D eigenvalue weighted by atomic mass is 16.5. The van der Waals surface area contributed by atoms with Gasteiger partial charge in [0.2, 0.25) is 0 Å². The van der Waals surface area contributed by atoms with Crippen LogP contribution in [0.25, 0.3) is 22.3 Å². The van der Waals surface area contributed by atoms with Crippen LogP contribution < -0.4 is 4.74 Å². The number of aromatic amines is 1. The van der Waals surface area contributed by atoms with Crippen molar-refractivity contribution in [1.29, 1.82) is 0 Å². The number of ether oxygens (including phenoxy) is 1. The molecule has 0 aliphatic heterocycles. The maximum Gasteiger partial charge on any atom is 0.179 e. The molecule has 0 fully saturated rings. The molecule has 0 atom stereocenters. The molecule has 0 saturated heterocycles. The van der Waals surface area contributed by atoms with E-state index >= 15 is 0 Å². The predicted octanol–water partition coefficient (Wildman–Crippen LogP) is 2.69. The summed E-state index contributed by atoms with van der Waals surface area (Å²) < 4.78 is 7.25. The molecule has 0 aliphatic carbocycles. The highest BCUT2D eigenvalue weighted by Gasteiger charge is 2.11. The fourth-order valence-electron chi connectivity index (χ4n) is 2.91. The van der Waals surface area contributed by atoms with E-state index < -0.39 is 0 Å². The molecule has 2 aromatic heterocycles. The van der Waals surface area contributed by atoms with Gasteiger partial charge in [-0.05, 0) is 46.3 Å². The maximum atomic E-state index is 11.5. The first kappa shape index (κ1) is 15.1. The third-order valence-electron chi connectivity index (χ3n) is 4.17. The quantitative estimate of drug-likeness (QED) is 0.568. The normalized spacial score (nSPS) is 10.9. The lowest BCUT2D eigenvalue weighted by molar-refractivity contribution is 0.112. The van der Waals surface area contributed by atoms with Gasteiger partial charge in [-0.3, -0.25) is 4.79 Å². The third-order valence-corrected chi connectivity index (χ3v) is 4.17.